The van der Waals surface area contributed by atoms with E-state index < -0.39 is 0 Å². The summed E-state index contributed by atoms with van der Waals surface area (Å²) in [6, 6.07) is 18.4. The number of carbonyl (C=O) groups is 1. The van der Waals surface area contributed by atoms with E-state index >= 15 is 0 Å². The van der Waals surface area contributed by atoms with Crippen LogP contribution in [-0.2, 0) is 11.2 Å². The largest absolute Gasteiger partial charge is 0.507 e. The Kier molecular flexibility index (Phi) is 4.11. The number of hydrogen-bond donors (Lipinski definition) is 2. The minimum Gasteiger partial charge on any atom is -0.507 e. The van der Waals surface area contributed by atoms with Crippen LogP contribution in [0.4, 0.5) is 5.69 Å². The summed E-state index contributed by atoms with van der Waals surface area (Å²) >= 11 is 3.38. The Balaban J connectivity index is 1.82. The third-order valence-corrected chi connectivity index (χ3v) is 3.98. The van der Waals surface area contributed by atoms with Gasteiger partial charge in [-0.15, -0.1) is 0 Å². The number of nitrogens with one attached hydrogen (secondary N) is 1. The van der Waals surface area contributed by atoms with Gasteiger partial charge in [0.2, 0.25) is 5.91 Å². The summed E-state index contributed by atoms with van der Waals surface area (Å²) in [5.74, 6) is 0.125. The summed E-state index contributed by atoms with van der Waals surface area (Å²) in [6.45, 7) is 0. The van der Waals surface area contributed by atoms with Crippen molar-refractivity contribution in [3.8, 4) is 5.75 Å². The van der Waals surface area contributed by atoms with Crippen molar-refractivity contribution in [2.75, 3.05) is 5.32 Å². The average Bonchev–Trinajstić information content (AvgIpc) is 2.51. The predicted molar refractivity (Wildman–Crippen MR) is 92.1 cm³/mol. The molecule has 0 aliphatic carbocycles. The Labute approximate surface area is 136 Å². The topological polar surface area (TPSA) is 49.3 Å². The van der Waals surface area contributed by atoms with Crippen LogP contribution in [0, 0.1) is 0 Å². The summed E-state index contributed by atoms with van der Waals surface area (Å²) in [5, 5.41) is 14.3. The highest BCUT2D eigenvalue weighted by molar-refractivity contribution is 9.10. The van der Waals surface area contributed by atoms with E-state index in [9.17, 15) is 9.90 Å². The smallest absolute Gasteiger partial charge is 0.228 e. The minimum atomic E-state index is -0.0850. The van der Waals surface area contributed by atoms with Gasteiger partial charge < -0.3 is 10.4 Å². The normalized spacial score (nSPS) is 10.6. The molecule has 110 valence electrons. The van der Waals surface area contributed by atoms with E-state index in [2.05, 4.69) is 21.2 Å². The Hall–Kier alpha value is -2.33. The summed E-state index contributed by atoms with van der Waals surface area (Å²) in [4.78, 5) is 12.2. The zero-order chi connectivity index (χ0) is 15.5. The van der Waals surface area contributed by atoms with Gasteiger partial charge in [0, 0.05) is 20.9 Å². The fourth-order valence-corrected chi connectivity index (χ4v) is 2.65. The van der Waals surface area contributed by atoms with Gasteiger partial charge in [-0.05, 0) is 29.8 Å². The monoisotopic (exact) mass is 355 g/mol. The maximum absolute atomic E-state index is 12.2. The lowest BCUT2D eigenvalue weighted by atomic mass is 10.1. The molecule has 0 saturated carbocycles. The second-order valence-corrected chi connectivity index (χ2v) is 5.94. The number of fused-ring (bicyclic) bond motifs is 1. The van der Waals surface area contributed by atoms with Crippen LogP contribution in [0.3, 0.4) is 0 Å². The number of hydrogen-bond acceptors (Lipinski definition) is 2. The number of rotatable bonds is 3. The van der Waals surface area contributed by atoms with Gasteiger partial charge in [-0.2, -0.15) is 0 Å². The number of amides is 1. The predicted octanol–water partition coefficient (Wildman–Crippen LogP) is 4.49. The molecule has 22 heavy (non-hydrogen) atoms. The molecule has 0 bridgehead atoms. The first-order valence-electron chi connectivity index (χ1n) is 6.88. The van der Waals surface area contributed by atoms with Gasteiger partial charge in [0.15, 0.2) is 0 Å². The van der Waals surface area contributed by atoms with Crippen molar-refractivity contribution < 1.29 is 9.90 Å². The summed E-state index contributed by atoms with van der Waals surface area (Å²) in [6.07, 6.45) is 0.308. The molecule has 0 saturated heterocycles. The van der Waals surface area contributed by atoms with Crippen molar-refractivity contribution in [3.05, 3.63) is 70.7 Å². The van der Waals surface area contributed by atoms with Crippen LogP contribution in [0.25, 0.3) is 10.8 Å². The highest BCUT2D eigenvalue weighted by Crippen LogP contribution is 2.29. The second-order valence-electron chi connectivity index (χ2n) is 5.03. The SMILES string of the molecule is O=C(Cc1ccc(Br)cc1)Nc1cccc2c(O)cccc12. The lowest BCUT2D eigenvalue weighted by Crippen LogP contribution is -2.14. The number of halogens is 1. The van der Waals surface area contributed by atoms with E-state index in [4.69, 9.17) is 0 Å². The fourth-order valence-electron chi connectivity index (χ4n) is 2.38. The van der Waals surface area contributed by atoms with Gasteiger partial charge >= 0.3 is 0 Å². The minimum absolute atomic E-state index is 0.0850. The van der Waals surface area contributed by atoms with Gasteiger partial charge in [-0.25, -0.2) is 0 Å². The van der Waals surface area contributed by atoms with E-state index in [0.29, 0.717) is 12.1 Å². The molecule has 0 spiro atoms. The lowest BCUT2D eigenvalue weighted by molar-refractivity contribution is -0.115. The van der Waals surface area contributed by atoms with E-state index in [1.807, 2.05) is 48.5 Å². The molecule has 0 radical (unpaired) electrons. The first-order chi connectivity index (χ1) is 10.6. The molecule has 1 amide bonds. The van der Waals surface area contributed by atoms with Gasteiger partial charge in [-0.3, -0.25) is 4.79 Å². The molecule has 3 rings (SSSR count). The molecular weight excluding hydrogens is 342 g/mol. The number of phenols is 1. The van der Waals surface area contributed by atoms with E-state index in [0.717, 1.165) is 20.8 Å². The molecule has 0 atom stereocenters. The van der Waals surface area contributed by atoms with Crippen molar-refractivity contribution >= 4 is 38.3 Å². The lowest BCUT2D eigenvalue weighted by Gasteiger charge is -2.09. The Morgan fingerprint density at radius 1 is 0.955 bits per heavy atom. The first kappa shape index (κ1) is 14.6. The first-order valence-corrected chi connectivity index (χ1v) is 7.68. The third kappa shape index (κ3) is 3.12. The molecule has 3 aromatic rings. The highest BCUT2D eigenvalue weighted by Gasteiger charge is 2.08. The molecule has 3 aromatic carbocycles. The van der Waals surface area contributed by atoms with Gasteiger partial charge in [0.05, 0.1) is 6.42 Å². The standard InChI is InChI=1S/C18H14BrNO2/c19-13-9-7-12(8-10-13)11-18(22)20-16-5-1-4-15-14(16)3-2-6-17(15)21/h1-10,21H,11H2,(H,20,22). The summed E-state index contributed by atoms with van der Waals surface area (Å²) in [7, 11) is 0. The molecule has 2 N–H and O–H groups in total. The van der Waals surface area contributed by atoms with Gasteiger partial charge in [-0.1, -0.05) is 52.3 Å². The molecule has 0 aromatic heterocycles. The highest BCUT2D eigenvalue weighted by atomic mass is 79.9. The number of aromatic hydroxyl groups is 1. The third-order valence-electron chi connectivity index (χ3n) is 3.45. The molecule has 0 unspecified atom stereocenters. The molecule has 0 heterocycles. The van der Waals surface area contributed by atoms with Crippen LogP contribution in [0.15, 0.2) is 65.1 Å². The van der Waals surface area contributed by atoms with Crippen molar-refractivity contribution in [1.82, 2.24) is 0 Å². The second kappa shape index (κ2) is 6.20. The van der Waals surface area contributed by atoms with Crippen molar-refractivity contribution in [3.63, 3.8) is 0 Å². The molecular formula is C18H14BrNO2. The Morgan fingerprint density at radius 2 is 1.64 bits per heavy atom. The number of phenolic OH excluding ortho intramolecular Hbond substituents is 1. The van der Waals surface area contributed by atoms with Crippen LogP contribution in [0.2, 0.25) is 0 Å². The Bertz CT molecular complexity index is 828. The Morgan fingerprint density at radius 3 is 2.41 bits per heavy atom. The maximum atomic E-state index is 12.2. The molecule has 0 fully saturated rings. The van der Waals surface area contributed by atoms with Crippen LogP contribution in [0.5, 0.6) is 5.75 Å². The molecule has 3 nitrogen and oxygen atoms in total. The van der Waals surface area contributed by atoms with Gasteiger partial charge in [0.25, 0.3) is 0 Å². The van der Waals surface area contributed by atoms with Crippen molar-refractivity contribution in [2.24, 2.45) is 0 Å². The summed E-state index contributed by atoms with van der Waals surface area (Å²) in [5.41, 5.74) is 1.65. The van der Waals surface area contributed by atoms with Crippen LogP contribution >= 0.6 is 15.9 Å². The molecule has 0 aliphatic heterocycles. The number of benzene rings is 3. The van der Waals surface area contributed by atoms with E-state index in [1.54, 1.807) is 12.1 Å². The van der Waals surface area contributed by atoms with Crippen LogP contribution in [-0.4, -0.2) is 11.0 Å². The fraction of sp³-hybridized carbons (Fsp3) is 0.0556. The van der Waals surface area contributed by atoms with Crippen molar-refractivity contribution in [1.29, 1.82) is 0 Å². The van der Waals surface area contributed by atoms with Crippen molar-refractivity contribution in [2.45, 2.75) is 6.42 Å². The summed E-state index contributed by atoms with van der Waals surface area (Å²) < 4.78 is 0.987. The van der Waals surface area contributed by atoms with E-state index in [1.165, 1.54) is 0 Å². The van der Waals surface area contributed by atoms with E-state index in [-0.39, 0.29) is 11.7 Å². The maximum Gasteiger partial charge on any atom is 0.228 e. The molecule has 4 heteroatoms. The number of carbonyl (C=O) groups excluding carboxylic acids is 1. The average molecular weight is 356 g/mol. The zero-order valence-electron chi connectivity index (χ0n) is 11.7. The zero-order valence-corrected chi connectivity index (χ0v) is 13.3. The quantitative estimate of drug-likeness (QED) is 0.727. The van der Waals surface area contributed by atoms with Crippen LogP contribution in [0.1, 0.15) is 5.56 Å². The number of anilines is 1. The molecule has 0 aliphatic rings. The van der Waals surface area contributed by atoms with Gasteiger partial charge in [0.1, 0.15) is 5.75 Å². The van der Waals surface area contributed by atoms with Crippen LogP contribution < -0.4 is 5.32 Å².